The summed E-state index contributed by atoms with van der Waals surface area (Å²) >= 11 is 1.14. The van der Waals surface area contributed by atoms with E-state index in [1.54, 1.807) is 13.2 Å². The fourth-order valence-corrected chi connectivity index (χ4v) is 2.78. The minimum absolute atomic E-state index is 0.0138. The van der Waals surface area contributed by atoms with Crippen LogP contribution in [-0.2, 0) is 15.7 Å². The number of alkyl halides is 3. The van der Waals surface area contributed by atoms with Crippen LogP contribution in [0.1, 0.15) is 17.0 Å². The number of carboxylic acids is 1. The molecule has 0 unspecified atom stereocenters. The first-order valence-electron chi connectivity index (χ1n) is 7.41. The number of aromatic nitrogens is 2. The van der Waals surface area contributed by atoms with Gasteiger partial charge in [0.25, 0.3) is 0 Å². The summed E-state index contributed by atoms with van der Waals surface area (Å²) in [5.41, 5.74) is -1.17. The molecule has 1 aromatic carbocycles. The third-order valence-corrected chi connectivity index (χ3v) is 3.94. The quantitative estimate of drug-likeness (QED) is 0.333. The molecule has 144 valence electrons. The van der Waals surface area contributed by atoms with Crippen LogP contribution in [0.15, 0.2) is 35.6 Å². The van der Waals surface area contributed by atoms with Crippen LogP contribution in [0.2, 0.25) is 0 Å². The number of aliphatic carboxylic acids is 1. The molecule has 0 bridgehead atoms. The van der Waals surface area contributed by atoms with E-state index in [2.05, 4.69) is 9.97 Å². The first-order chi connectivity index (χ1) is 12.7. The molecule has 10 heteroatoms. The molecule has 2 aromatic rings. The number of thioether (sulfide) groups is 1. The van der Waals surface area contributed by atoms with E-state index in [1.807, 2.05) is 0 Å². The van der Waals surface area contributed by atoms with Crippen molar-refractivity contribution in [2.24, 2.45) is 0 Å². The van der Waals surface area contributed by atoms with Crippen LogP contribution >= 0.6 is 11.8 Å². The van der Waals surface area contributed by atoms with Crippen LogP contribution in [0, 0.1) is 6.92 Å². The van der Waals surface area contributed by atoms with E-state index in [1.165, 1.54) is 19.2 Å². The van der Waals surface area contributed by atoms with Crippen molar-refractivity contribution in [2.75, 3.05) is 13.4 Å². The summed E-state index contributed by atoms with van der Waals surface area (Å²) in [6, 6.07) is 4.21. The molecule has 0 aliphatic rings. The van der Waals surface area contributed by atoms with Gasteiger partial charge in [0.2, 0.25) is 5.88 Å². The van der Waals surface area contributed by atoms with E-state index in [9.17, 15) is 23.1 Å². The van der Waals surface area contributed by atoms with Crippen molar-refractivity contribution >= 4 is 23.3 Å². The normalized spacial score (nSPS) is 12.0. The maximum Gasteiger partial charge on any atom is 0.416 e. The third-order valence-electron chi connectivity index (χ3n) is 3.26. The van der Waals surface area contributed by atoms with Gasteiger partial charge in [-0.25, -0.2) is 9.78 Å². The van der Waals surface area contributed by atoms with Gasteiger partial charge in [0.05, 0.1) is 24.5 Å². The number of hydrogen-bond donors (Lipinski definition) is 1. The van der Waals surface area contributed by atoms with E-state index in [4.69, 9.17) is 9.47 Å². The van der Waals surface area contributed by atoms with Crippen LogP contribution in [0.25, 0.3) is 5.57 Å². The standard InChI is InChI=1S/C17H15F3N2O4S/c1-9-21-14(26-11-6-4-5-10(7-11)17(18,19)20)13(15(22-9)27-3)12(8-25-2)16(23)24/h4-8H,1-3H3,(H,23,24). The van der Waals surface area contributed by atoms with Gasteiger partial charge in [0, 0.05) is 0 Å². The highest BCUT2D eigenvalue weighted by molar-refractivity contribution is 7.98. The number of carbonyl (C=O) groups is 1. The maximum atomic E-state index is 12.9. The largest absolute Gasteiger partial charge is 0.503 e. The van der Waals surface area contributed by atoms with Crippen LogP contribution in [-0.4, -0.2) is 34.4 Å². The lowest BCUT2D eigenvalue weighted by molar-refractivity contribution is -0.137. The Hall–Kier alpha value is -2.75. The zero-order valence-corrected chi connectivity index (χ0v) is 15.3. The molecule has 0 aliphatic heterocycles. The van der Waals surface area contributed by atoms with Gasteiger partial charge in [-0.3, -0.25) is 0 Å². The van der Waals surface area contributed by atoms with Gasteiger partial charge in [0.15, 0.2) is 0 Å². The lowest BCUT2D eigenvalue weighted by Gasteiger charge is -2.15. The van der Waals surface area contributed by atoms with Gasteiger partial charge in [0.1, 0.15) is 22.2 Å². The Morgan fingerprint density at radius 1 is 1.30 bits per heavy atom. The highest BCUT2D eigenvalue weighted by Crippen LogP contribution is 2.37. The number of halogens is 3. The van der Waals surface area contributed by atoms with Gasteiger partial charge in [-0.1, -0.05) is 6.07 Å². The van der Waals surface area contributed by atoms with Crippen LogP contribution in [0.3, 0.4) is 0 Å². The van der Waals surface area contributed by atoms with Gasteiger partial charge < -0.3 is 14.6 Å². The van der Waals surface area contributed by atoms with E-state index in [0.29, 0.717) is 0 Å². The Balaban J connectivity index is 2.62. The van der Waals surface area contributed by atoms with Crippen molar-refractivity contribution in [2.45, 2.75) is 18.1 Å². The second-order valence-electron chi connectivity index (χ2n) is 5.16. The Morgan fingerprint density at radius 3 is 2.56 bits per heavy atom. The minimum atomic E-state index is -4.55. The summed E-state index contributed by atoms with van der Waals surface area (Å²) in [6.45, 7) is 1.56. The average Bonchev–Trinajstić information content (AvgIpc) is 2.59. The molecule has 0 amide bonds. The predicted molar refractivity (Wildman–Crippen MR) is 92.7 cm³/mol. The van der Waals surface area contributed by atoms with E-state index in [0.717, 1.165) is 30.2 Å². The number of ether oxygens (including phenoxy) is 2. The molecule has 0 saturated carbocycles. The molecule has 1 N–H and O–H groups in total. The van der Waals surface area contributed by atoms with Gasteiger partial charge in [-0.15, -0.1) is 11.8 Å². The summed E-state index contributed by atoms with van der Waals surface area (Å²) in [5, 5.41) is 9.76. The van der Waals surface area contributed by atoms with Crippen LogP contribution < -0.4 is 4.74 Å². The SMILES string of the molecule is COC=C(C(=O)O)c1c(Oc2cccc(C(F)(F)F)c2)nc(C)nc1SC. The first-order valence-corrected chi connectivity index (χ1v) is 8.64. The number of aryl methyl sites for hydroxylation is 1. The second-order valence-corrected chi connectivity index (χ2v) is 5.96. The summed E-state index contributed by atoms with van der Waals surface area (Å²) in [7, 11) is 1.27. The molecule has 1 heterocycles. The van der Waals surface area contributed by atoms with Crippen LogP contribution in [0.5, 0.6) is 11.6 Å². The number of hydrogen-bond acceptors (Lipinski definition) is 6. The van der Waals surface area contributed by atoms with Gasteiger partial charge in [-0.2, -0.15) is 18.2 Å². The molecule has 0 saturated heterocycles. The van der Waals surface area contributed by atoms with E-state index < -0.39 is 17.7 Å². The van der Waals surface area contributed by atoms with E-state index >= 15 is 0 Å². The third kappa shape index (κ3) is 4.91. The number of carboxylic acid groups (broad SMARTS) is 1. The summed E-state index contributed by atoms with van der Waals surface area (Å²) in [5.74, 6) is -1.38. The predicted octanol–water partition coefficient (Wildman–Crippen LogP) is 4.39. The van der Waals surface area contributed by atoms with Crippen molar-refractivity contribution in [1.82, 2.24) is 9.97 Å². The Labute approximate surface area is 157 Å². The first kappa shape index (κ1) is 20.6. The summed E-state index contributed by atoms with van der Waals surface area (Å²) < 4.78 is 49.1. The zero-order valence-electron chi connectivity index (χ0n) is 14.5. The minimum Gasteiger partial charge on any atom is -0.503 e. The molecule has 0 spiro atoms. The summed E-state index contributed by atoms with van der Waals surface area (Å²) in [6.07, 6.45) is -1.89. The molecule has 27 heavy (non-hydrogen) atoms. The average molecular weight is 400 g/mol. The fraction of sp³-hybridized carbons (Fsp3) is 0.235. The van der Waals surface area contributed by atoms with Gasteiger partial charge in [-0.05, 0) is 31.4 Å². The number of rotatable bonds is 6. The highest BCUT2D eigenvalue weighted by Gasteiger charge is 2.31. The molecule has 2 rings (SSSR count). The Kier molecular flexibility index (Phi) is 6.32. The molecule has 6 nitrogen and oxygen atoms in total. The summed E-state index contributed by atoms with van der Waals surface area (Å²) in [4.78, 5) is 19.9. The van der Waals surface area contributed by atoms with Crippen LogP contribution in [0.4, 0.5) is 13.2 Å². The molecular formula is C17H15F3N2O4S. The van der Waals surface area contributed by atoms with Crippen molar-refractivity contribution < 1.29 is 32.5 Å². The monoisotopic (exact) mass is 400 g/mol. The smallest absolute Gasteiger partial charge is 0.416 e. The molecule has 0 fully saturated rings. The highest BCUT2D eigenvalue weighted by atomic mass is 32.2. The Bertz CT molecular complexity index is 885. The number of benzene rings is 1. The number of nitrogens with zero attached hydrogens (tertiary/aromatic N) is 2. The molecule has 0 atom stereocenters. The maximum absolute atomic E-state index is 12.9. The van der Waals surface area contributed by atoms with Crippen molar-refractivity contribution in [3.8, 4) is 11.6 Å². The molecule has 1 aromatic heterocycles. The van der Waals surface area contributed by atoms with Crippen molar-refractivity contribution in [3.63, 3.8) is 0 Å². The lowest BCUT2D eigenvalue weighted by atomic mass is 10.1. The molecular weight excluding hydrogens is 385 g/mol. The van der Waals surface area contributed by atoms with Gasteiger partial charge >= 0.3 is 12.1 Å². The topological polar surface area (TPSA) is 81.5 Å². The Morgan fingerprint density at radius 2 is 2.00 bits per heavy atom. The molecule has 0 radical (unpaired) electrons. The zero-order chi connectivity index (χ0) is 20.2. The lowest BCUT2D eigenvalue weighted by Crippen LogP contribution is -2.08. The van der Waals surface area contributed by atoms with Crippen molar-refractivity contribution in [1.29, 1.82) is 0 Å². The number of methoxy groups -OCH3 is 1. The molecule has 0 aliphatic carbocycles. The second kappa shape index (κ2) is 8.30. The van der Waals surface area contributed by atoms with Crippen molar-refractivity contribution in [3.05, 3.63) is 47.5 Å². The van der Waals surface area contributed by atoms with E-state index in [-0.39, 0.29) is 33.6 Å². The fourth-order valence-electron chi connectivity index (χ4n) is 2.16.